The molecule has 0 fully saturated rings. The van der Waals surface area contributed by atoms with Crippen LogP contribution in [0.3, 0.4) is 0 Å². The Morgan fingerprint density at radius 2 is 2.03 bits per heavy atom. The van der Waals surface area contributed by atoms with Crippen LogP contribution in [0.15, 0.2) is 41.5 Å². The molecule has 4 rings (SSSR count). The first-order chi connectivity index (χ1) is 15.8. The van der Waals surface area contributed by atoms with E-state index in [0.29, 0.717) is 12.5 Å². The van der Waals surface area contributed by atoms with Gasteiger partial charge in [0, 0.05) is 30.9 Å². The third-order valence-electron chi connectivity index (χ3n) is 6.77. The van der Waals surface area contributed by atoms with Gasteiger partial charge in [0.15, 0.2) is 0 Å². The van der Waals surface area contributed by atoms with Crippen LogP contribution in [0, 0.1) is 11.3 Å². The number of amides is 1. The van der Waals surface area contributed by atoms with Crippen LogP contribution in [0.25, 0.3) is 10.2 Å². The van der Waals surface area contributed by atoms with E-state index < -0.39 is 0 Å². The summed E-state index contributed by atoms with van der Waals surface area (Å²) in [5.41, 5.74) is 2.39. The summed E-state index contributed by atoms with van der Waals surface area (Å²) >= 11 is 1.65. The molecule has 0 spiro atoms. The van der Waals surface area contributed by atoms with Gasteiger partial charge >= 0.3 is 0 Å². The van der Waals surface area contributed by atoms with Crippen molar-refractivity contribution in [2.75, 3.05) is 13.2 Å². The predicted molar refractivity (Wildman–Crippen MR) is 132 cm³/mol. The first kappa shape index (κ1) is 23.6. The average Bonchev–Trinajstić information content (AvgIpc) is 3.17. The van der Waals surface area contributed by atoms with E-state index in [1.165, 1.54) is 10.4 Å². The number of aromatic nitrogens is 2. The summed E-state index contributed by atoms with van der Waals surface area (Å²) in [6, 6.07) is 9.73. The lowest BCUT2D eigenvalue weighted by atomic mass is 9.72. The Balaban J connectivity index is 1.50. The van der Waals surface area contributed by atoms with E-state index in [0.717, 1.165) is 35.0 Å². The van der Waals surface area contributed by atoms with Gasteiger partial charge in [-0.15, -0.1) is 11.3 Å². The number of carbonyl (C=O) groups excluding carboxylic acids is 1. The van der Waals surface area contributed by atoms with Crippen LogP contribution < -0.4 is 5.56 Å². The molecule has 0 aliphatic heterocycles. The zero-order valence-electron chi connectivity index (χ0n) is 19.7. The molecule has 0 saturated heterocycles. The lowest BCUT2D eigenvalue weighted by molar-refractivity contribution is -0.132. The average molecular weight is 468 g/mol. The minimum absolute atomic E-state index is 0.0451. The molecule has 6 nitrogen and oxygen atoms in total. The van der Waals surface area contributed by atoms with E-state index >= 15 is 0 Å². The van der Waals surface area contributed by atoms with Crippen LogP contribution in [0.1, 0.15) is 49.6 Å². The number of carbonyl (C=O) groups is 1. The number of thiophene rings is 1. The second-order valence-corrected chi connectivity index (χ2v) is 11.1. The van der Waals surface area contributed by atoms with Gasteiger partial charge in [0.1, 0.15) is 4.83 Å². The summed E-state index contributed by atoms with van der Waals surface area (Å²) in [4.78, 5) is 34.5. The van der Waals surface area contributed by atoms with Crippen molar-refractivity contribution in [3.8, 4) is 0 Å². The highest BCUT2D eigenvalue weighted by Crippen LogP contribution is 2.41. The minimum Gasteiger partial charge on any atom is -0.395 e. The Morgan fingerprint density at radius 1 is 1.27 bits per heavy atom. The molecule has 3 aromatic rings. The molecule has 1 unspecified atom stereocenters. The fourth-order valence-corrected chi connectivity index (χ4v) is 5.95. The second kappa shape index (κ2) is 9.77. The van der Waals surface area contributed by atoms with Crippen molar-refractivity contribution < 1.29 is 9.90 Å². The van der Waals surface area contributed by atoms with Gasteiger partial charge in [-0.2, -0.15) is 0 Å². The Morgan fingerprint density at radius 3 is 2.73 bits per heavy atom. The molecule has 1 aromatic carbocycles. The van der Waals surface area contributed by atoms with E-state index in [2.05, 4.69) is 25.8 Å². The Hall–Kier alpha value is -2.51. The molecule has 176 valence electrons. The van der Waals surface area contributed by atoms with E-state index in [4.69, 9.17) is 0 Å². The number of benzene rings is 1. The molecule has 0 radical (unpaired) electrons. The highest BCUT2D eigenvalue weighted by molar-refractivity contribution is 7.18. The van der Waals surface area contributed by atoms with Gasteiger partial charge in [-0.25, -0.2) is 4.98 Å². The summed E-state index contributed by atoms with van der Waals surface area (Å²) in [5.74, 6) is 0.528. The van der Waals surface area contributed by atoms with Gasteiger partial charge in [-0.3, -0.25) is 14.2 Å². The maximum absolute atomic E-state index is 13.3. The van der Waals surface area contributed by atoms with Gasteiger partial charge in [-0.1, -0.05) is 51.1 Å². The lowest BCUT2D eigenvalue weighted by Gasteiger charge is -2.33. The Bertz CT molecular complexity index is 1180. The smallest absolute Gasteiger partial charge is 0.262 e. The minimum atomic E-state index is -0.0946. The molecule has 2 aromatic heterocycles. The SMILES string of the molecule is CC(C)(C)C1CCc2c(sc3ncn(CCC(=O)N(CCO)Cc4ccccc4)c(=O)c23)C1. The molecule has 0 saturated carbocycles. The Kier molecular flexibility index (Phi) is 7.00. The molecule has 1 N–H and O–H groups in total. The second-order valence-electron chi connectivity index (χ2n) is 10.0. The molecule has 2 heterocycles. The zero-order valence-corrected chi connectivity index (χ0v) is 20.5. The van der Waals surface area contributed by atoms with Crippen molar-refractivity contribution in [2.45, 2.75) is 59.5 Å². The van der Waals surface area contributed by atoms with Crippen molar-refractivity contribution in [3.05, 3.63) is 63.0 Å². The van der Waals surface area contributed by atoms with E-state index in [1.54, 1.807) is 27.1 Å². The summed E-state index contributed by atoms with van der Waals surface area (Å²) in [6.07, 6.45) is 4.78. The number of rotatable bonds is 7. The topological polar surface area (TPSA) is 75.4 Å². The molecule has 1 aliphatic rings. The number of aryl methyl sites for hydroxylation is 2. The number of aliphatic hydroxyl groups excluding tert-OH is 1. The number of fused-ring (bicyclic) bond motifs is 3. The summed E-state index contributed by atoms with van der Waals surface area (Å²) in [7, 11) is 0. The number of aliphatic hydroxyl groups is 1. The largest absolute Gasteiger partial charge is 0.395 e. The van der Waals surface area contributed by atoms with Crippen LogP contribution in [-0.2, 0) is 30.7 Å². The molecular weight excluding hydrogens is 434 g/mol. The fraction of sp³-hybridized carbons (Fsp3) is 0.500. The molecule has 33 heavy (non-hydrogen) atoms. The molecule has 7 heteroatoms. The molecular formula is C26H33N3O3S. The van der Waals surface area contributed by atoms with Crippen LogP contribution >= 0.6 is 11.3 Å². The zero-order chi connectivity index (χ0) is 23.6. The van der Waals surface area contributed by atoms with Crippen molar-refractivity contribution in [1.82, 2.24) is 14.5 Å². The highest BCUT2D eigenvalue weighted by Gasteiger charge is 2.31. The third-order valence-corrected chi connectivity index (χ3v) is 7.93. The van der Waals surface area contributed by atoms with Crippen LogP contribution in [0.4, 0.5) is 0 Å². The van der Waals surface area contributed by atoms with Gasteiger partial charge in [0.2, 0.25) is 5.91 Å². The summed E-state index contributed by atoms with van der Waals surface area (Å²) in [5, 5.41) is 10.2. The molecule has 1 amide bonds. The van der Waals surface area contributed by atoms with Crippen LogP contribution in [0.5, 0.6) is 0 Å². The quantitative estimate of drug-likeness (QED) is 0.569. The first-order valence-corrected chi connectivity index (χ1v) is 12.5. The number of hydrogen-bond acceptors (Lipinski definition) is 5. The number of nitrogens with zero attached hydrogens (tertiary/aromatic N) is 3. The Labute approximate surface area is 198 Å². The molecule has 1 aliphatic carbocycles. The first-order valence-electron chi connectivity index (χ1n) is 11.7. The summed E-state index contributed by atoms with van der Waals surface area (Å²) < 4.78 is 1.57. The van der Waals surface area contributed by atoms with Gasteiger partial charge in [0.05, 0.1) is 18.3 Å². The van der Waals surface area contributed by atoms with Crippen molar-refractivity contribution in [2.24, 2.45) is 11.3 Å². The highest BCUT2D eigenvalue weighted by atomic mass is 32.1. The molecule has 0 bridgehead atoms. The van der Waals surface area contributed by atoms with Gasteiger partial charge in [-0.05, 0) is 41.7 Å². The third kappa shape index (κ3) is 5.20. The van der Waals surface area contributed by atoms with E-state index in [1.807, 2.05) is 30.3 Å². The lowest BCUT2D eigenvalue weighted by Crippen LogP contribution is -2.34. The van der Waals surface area contributed by atoms with E-state index in [9.17, 15) is 14.7 Å². The van der Waals surface area contributed by atoms with Crippen molar-refractivity contribution >= 4 is 27.5 Å². The molecule has 1 atom stereocenters. The maximum atomic E-state index is 13.3. The van der Waals surface area contributed by atoms with Gasteiger partial charge in [0.25, 0.3) is 5.56 Å². The summed E-state index contributed by atoms with van der Waals surface area (Å²) in [6.45, 7) is 7.77. The van der Waals surface area contributed by atoms with E-state index in [-0.39, 0.29) is 43.0 Å². The maximum Gasteiger partial charge on any atom is 0.262 e. The van der Waals surface area contributed by atoms with Crippen molar-refractivity contribution in [1.29, 1.82) is 0 Å². The predicted octanol–water partition coefficient (Wildman–Crippen LogP) is 4.02. The fourth-order valence-electron chi connectivity index (χ4n) is 4.69. The normalized spacial score (nSPS) is 16.1. The standard InChI is InChI=1S/C26H33N3O3S/c1-26(2,3)19-9-10-20-21(15-19)33-24-23(20)25(32)29(17-27-24)12-11-22(31)28(13-14-30)16-18-7-5-4-6-8-18/h4-8,17,19,30H,9-16H2,1-3H3. The van der Waals surface area contributed by atoms with Crippen molar-refractivity contribution in [3.63, 3.8) is 0 Å². The van der Waals surface area contributed by atoms with Gasteiger partial charge < -0.3 is 10.0 Å². The monoisotopic (exact) mass is 467 g/mol. The van der Waals surface area contributed by atoms with Crippen LogP contribution in [-0.4, -0.2) is 38.6 Å². The number of hydrogen-bond donors (Lipinski definition) is 1. The van der Waals surface area contributed by atoms with Crippen LogP contribution in [0.2, 0.25) is 0 Å².